The first-order chi connectivity index (χ1) is 8.61. The largest absolute Gasteiger partial charge is 0.323 e. The number of pyridine rings is 1. The normalized spacial score (nSPS) is 10.9. The molecule has 0 radical (unpaired) electrons. The van der Waals surface area contributed by atoms with Crippen molar-refractivity contribution in [3.05, 3.63) is 56.3 Å². The van der Waals surface area contributed by atoms with Gasteiger partial charge in [0, 0.05) is 6.07 Å². The number of hydrogen-bond acceptors (Lipinski definition) is 2. The van der Waals surface area contributed by atoms with E-state index in [1.165, 1.54) is 6.07 Å². The highest BCUT2D eigenvalue weighted by molar-refractivity contribution is 6.29. The molecular formula is C12H8ClN3O2. The maximum atomic E-state index is 11.3. The third kappa shape index (κ3) is 1.84. The topological polar surface area (TPSA) is 81.5 Å². The highest BCUT2D eigenvalue weighted by Gasteiger charge is 2.04. The van der Waals surface area contributed by atoms with E-state index in [9.17, 15) is 9.59 Å². The zero-order chi connectivity index (χ0) is 12.7. The summed E-state index contributed by atoms with van der Waals surface area (Å²) in [4.78, 5) is 30.3. The predicted molar refractivity (Wildman–Crippen MR) is 70.0 cm³/mol. The number of nitrogens with one attached hydrogen (secondary N) is 3. The molecular weight excluding hydrogens is 254 g/mol. The van der Waals surface area contributed by atoms with Gasteiger partial charge in [-0.05, 0) is 29.3 Å². The third-order valence-electron chi connectivity index (χ3n) is 2.66. The second-order valence-corrected chi connectivity index (χ2v) is 4.33. The van der Waals surface area contributed by atoms with Gasteiger partial charge in [0.15, 0.2) is 0 Å². The Kier molecular flexibility index (Phi) is 2.34. The van der Waals surface area contributed by atoms with Crippen molar-refractivity contribution in [1.29, 1.82) is 0 Å². The Morgan fingerprint density at radius 3 is 2.39 bits per heavy atom. The molecule has 1 aromatic carbocycles. The van der Waals surface area contributed by atoms with E-state index in [2.05, 4.69) is 15.0 Å². The first-order valence-corrected chi connectivity index (χ1v) is 5.62. The zero-order valence-electron chi connectivity index (χ0n) is 9.08. The molecule has 3 rings (SSSR count). The first-order valence-electron chi connectivity index (χ1n) is 5.24. The molecule has 0 fully saturated rings. The van der Waals surface area contributed by atoms with Crippen molar-refractivity contribution in [3.63, 3.8) is 0 Å². The summed E-state index contributed by atoms with van der Waals surface area (Å²) in [6.07, 6.45) is 0. The molecule has 0 unspecified atom stereocenters. The van der Waals surface area contributed by atoms with Crippen LogP contribution in [0.5, 0.6) is 0 Å². The monoisotopic (exact) mass is 261 g/mol. The van der Waals surface area contributed by atoms with Crippen LogP contribution in [0.3, 0.4) is 0 Å². The van der Waals surface area contributed by atoms with Crippen LogP contribution in [0.1, 0.15) is 0 Å². The molecule has 0 atom stereocenters. The molecule has 2 aromatic heterocycles. The average Bonchev–Trinajstić information content (AvgIpc) is 2.66. The summed E-state index contributed by atoms with van der Waals surface area (Å²) in [5, 5.41) is 0.278. The molecule has 0 amide bonds. The van der Waals surface area contributed by atoms with E-state index in [0.29, 0.717) is 11.1 Å². The summed E-state index contributed by atoms with van der Waals surface area (Å²) in [5.41, 5.74) is 2.40. The molecule has 0 aliphatic heterocycles. The Hall–Kier alpha value is -2.27. The molecule has 18 heavy (non-hydrogen) atoms. The van der Waals surface area contributed by atoms with Crippen molar-refractivity contribution in [1.82, 2.24) is 15.0 Å². The van der Waals surface area contributed by atoms with E-state index >= 15 is 0 Å². The van der Waals surface area contributed by atoms with Crippen LogP contribution >= 0.6 is 11.6 Å². The minimum Gasteiger partial charge on any atom is -0.313 e. The summed E-state index contributed by atoms with van der Waals surface area (Å²) in [5.74, 6) is 0. The van der Waals surface area contributed by atoms with Gasteiger partial charge in [-0.25, -0.2) is 4.79 Å². The fourth-order valence-corrected chi connectivity index (χ4v) is 2.10. The van der Waals surface area contributed by atoms with Crippen molar-refractivity contribution in [3.8, 4) is 11.1 Å². The Labute approximate surface area is 105 Å². The number of hydrogen-bond donors (Lipinski definition) is 3. The standard InChI is InChI=1S/C12H8ClN3O2/c13-10-4-7(5-11(17)16-10)6-1-2-8-9(3-6)15-12(18)14-8/h1-5H,(H,16,17)(H2,14,15,18). The van der Waals surface area contributed by atoms with Crippen LogP contribution in [0.15, 0.2) is 39.9 Å². The van der Waals surface area contributed by atoms with Crippen LogP contribution in [0.25, 0.3) is 22.2 Å². The van der Waals surface area contributed by atoms with Crippen LogP contribution < -0.4 is 11.2 Å². The number of imidazole rings is 1. The molecule has 0 aliphatic rings. The molecule has 3 aromatic rings. The fraction of sp³-hybridized carbons (Fsp3) is 0. The summed E-state index contributed by atoms with van der Waals surface area (Å²) >= 11 is 5.80. The summed E-state index contributed by atoms with van der Waals surface area (Å²) < 4.78 is 0. The van der Waals surface area contributed by atoms with Gasteiger partial charge < -0.3 is 15.0 Å². The van der Waals surface area contributed by atoms with E-state index < -0.39 is 0 Å². The minimum atomic E-state index is -0.264. The number of aromatic nitrogens is 3. The van der Waals surface area contributed by atoms with Crippen LogP contribution in [-0.4, -0.2) is 15.0 Å². The quantitative estimate of drug-likeness (QED) is 0.585. The van der Waals surface area contributed by atoms with Crippen molar-refractivity contribution in [2.75, 3.05) is 0 Å². The summed E-state index contributed by atoms with van der Waals surface area (Å²) in [7, 11) is 0. The van der Waals surface area contributed by atoms with Gasteiger partial charge >= 0.3 is 5.69 Å². The fourth-order valence-electron chi connectivity index (χ4n) is 1.89. The van der Waals surface area contributed by atoms with Crippen molar-refractivity contribution in [2.45, 2.75) is 0 Å². The van der Waals surface area contributed by atoms with Gasteiger partial charge in [-0.1, -0.05) is 17.7 Å². The van der Waals surface area contributed by atoms with Crippen molar-refractivity contribution < 1.29 is 0 Å². The number of H-pyrrole nitrogens is 3. The van der Waals surface area contributed by atoms with Gasteiger partial charge in [-0.15, -0.1) is 0 Å². The highest BCUT2D eigenvalue weighted by atomic mass is 35.5. The molecule has 0 aliphatic carbocycles. The molecule has 90 valence electrons. The third-order valence-corrected chi connectivity index (χ3v) is 2.86. The molecule has 0 saturated heterocycles. The number of rotatable bonds is 1. The molecule has 0 spiro atoms. The van der Waals surface area contributed by atoms with Crippen LogP contribution in [0.4, 0.5) is 0 Å². The Bertz CT molecular complexity index is 844. The lowest BCUT2D eigenvalue weighted by Gasteiger charge is -2.01. The highest BCUT2D eigenvalue weighted by Crippen LogP contribution is 2.22. The smallest absolute Gasteiger partial charge is 0.313 e. The zero-order valence-corrected chi connectivity index (χ0v) is 9.84. The second-order valence-electron chi connectivity index (χ2n) is 3.92. The molecule has 0 bridgehead atoms. The second kappa shape index (κ2) is 3.89. The molecule has 0 saturated carbocycles. The number of halogens is 1. The Balaban J connectivity index is 2.24. The van der Waals surface area contributed by atoms with Crippen molar-refractivity contribution in [2.24, 2.45) is 0 Å². The van der Waals surface area contributed by atoms with Crippen LogP contribution in [0.2, 0.25) is 5.15 Å². The molecule has 5 nitrogen and oxygen atoms in total. The lowest BCUT2D eigenvalue weighted by Crippen LogP contribution is -2.03. The van der Waals surface area contributed by atoms with Gasteiger partial charge in [-0.3, -0.25) is 4.79 Å². The summed E-state index contributed by atoms with van der Waals surface area (Å²) in [6, 6.07) is 8.50. The SMILES string of the molecule is O=c1cc(-c2ccc3[nH]c(=O)[nH]c3c2)cc(Cl)[nH]1. The average molecular weight is 262 g/mol. The predicted octanol–water partition coefficient (Wildman–Crippen LogP) is 1.86. The van der Waals surface area contributed by atoms with Crippen LogP contribution in [0, 0.1) is 0 Å². The molecule has 3 N–H and O–H groups in total. The molecule has 2 heterocycles. The Morgan fingerprint density at radius 1 is 0.833 bits per heavy atom. The van der Waals surface area contributed by atoms with Gasteiger partial charge in [-0.2, -0.15) is 0 Å². The van der Waals surface area contributed by atoms with Gasteiger partial charge in [0.2, 0.25) is 5.56 Å². The maximum absolute atomic E-state index is 11.3. The van der Waals surface area contributed by atoms with E-state index in [1.807, 2.05) is 6.07 Å². The molecule has 6 heteroatoms. The number of fused-ring (bicyclic) bond motifs is 1. The Morgan fingerprint density at radius 2 is 1.61 bits per heavy atom. The maximum Gasteiger partial charge on any atom is 0.323 e. The minimum absolute atomic E-state index is 0.258. The van der Waals surface area contributed by atoms with E-state index in [0.717, 1.165) is 11.1 Å². The van der Waals surface area contributed by atoms with E-state index in [1.54, 1.807) is 18.2 Å². The van der Waals surface area contributed by atoms with Gasteiger partial charge in [0.25, 0.3) is 0 Å². The van der Waals surface area contributed by atoms with E-state index in [4.69, 9.17) is 11.6 Å². The first kappa shape index (κ1) is 10.9. The summed E-state index contributed by atoms with van der Waals surface area (Å²) in [6.45, 7) is 0. The van der Waals surface area contributed by atoms with Gasteiger partial charge in [0.1, 0.15) is 5.15 Å². The number of aromatic amines is 3. The van der Waals surface area contributed by atoms with Crippen molar-refractivity contribution >= 4 is 22.6 Å². The number of benzene rings is 1. The lowest BCUT2D eigenvalue weighted by molar-refractivity contribution is 1.21. The van der Waals surface area contributed by atoms with Gasteiger partial charge in [0.05, 0.1) is 11.0 Å². The van der Waals surface area contributed by atoms with Crippen LogP contribution in [-0.2, 0) is 0 Å². The van der Waals surface area contributed by atoms with E-state index in [-0.39, 0.29) is 16.4 Å². The lowest BCUT2D eigenvalue weighted by atomic mass is 10.1.